The first-order valence-electron chi connectivity index (χ1n) is 14.5. The van der Waals surface area contributed by atoms with Gasteiger partial charge in [0.1, 0.15) is 11.5 Å². The summed E-state index contributed by atoms with van der Waals surface area (Å²) in [5.41, 5.74) is 3.35. The molecule has 0 spiro atoms. The lowest BCUT2D eigenvalue weighted by molar-refractivity contribution is -0.124. The summed E-state index contributed by atoms with van der Waals surface area (Å²) in [6.07, 6.45) is 11.1. The predicted octanol–water partition coefficient (Wildman–Crippen LogP) is 7.90. The third kappa shape index (κ3) is 7.46. The molecule has 1 fully saturated rings. The maximum Gasteiger partial charge on any atom is 0.229 e. The number of aryl methyl sites for hydroxylation is 2. The van der Waals surface area contributed by atoms with Crippen LogP contribution in [0.2, 0.25) is 0 Å². The van der Waals surface area contributed by atoms with Crippen molar-refractivity contribution < 1.29 is 18.4 Å². The van der Waals surface area contributed by atoms with Crippen molar-refractivity contribution in [3.8, 4) is 0 Å². The van der Waals surface area contributed by atoms with Crippen LogP contribution in [-0.2, 0) is 16.0 Å². The largest absolute Gasteiger partial charge is 0.470 e. The molecule has 222 valence electrons. The van der Waals surface area contributed by atoms with Crippen LogP contribution in [0.5, 0.6) is 0 Å². The van der Waals surface area contributed by atoms with Crippen LogP contribution in [0.4, 0.5) is 11.4 Å². The molecule has 1 aliphatic heterocycles. The van der Waals surface area contributed by atoms with E-state index in [0.29, 0.717) is 12.8 Å². The molecule has 0 aliphatic carbocycles. The predicted molar refractivity (Wildman–Crippen MR) is 173 cm³/mol. The number of aromatic nitrogens is 2. The van der Waals surface area contributed by atoms with Gasteiger partial charge >= 0.3 is 0 Å². The molecule has 2 aromatic carbocycles. The Kier molecular flexibility index (Phi) is 9.94. The van der Waals surface area contributed by atoms with Gasteiger partial charge in [0.15, 0.2) is 0 Å². The molecule has 1 unspecified atom stereocenters. The molecule has 44 heavy (non-hydrogen) atoms. The summed E-state index contributed by atoms with van der Waals surface area (Å²) in [5, 5.41) is 4.89. The van der Waals surface area contributed by atoms with Crippen LogP contribution in [0, 0.1) is 6.92 Å². The molecule has 1 N–H and O–H groups in total. The molecule has 1 atom stereocenters. The molecule has 6 aromatic rings. The average molecular weight is 587 g/mol. The van der Waals surface area contributed by atoms with Gasteiger partial charge in [-0.15, -0.1) is 6.58 Å². The first-order chi connectivity index (χ1) is 21.5. The van der Waals surface area contributed by atoms with E-state index in [1.165, 1.54) is 0 Å². The maximum absolute atomic E-state index is 12.1. The molecule has 0 saturated carbocycles. The Morgan fingerprint density at radius 1 is 0.909 bits per heavy atom. The van der Waals surface area contributed by atoms with Crippen LogP contribution in [0.1, 0.15) is 30.8 Å². The molecular formula is C36H34N4O4. The second kappa shape index (κ2) is 14.6. The number of fused-ring (bicyclic) bond motifs is 2. The summed E-state index contributed by atoms with van der Waals surface area (Å²) in [4.78, 5) is 34.2. The van der Waals surface area contributed by atoms with E-state index in [1.54, 1.807) is 31.0 Å². The molecule has 0 radical (unpaired) electrons. The molecule has 4 aromatic heterocycles. The average Bonchev–Trinajstić information content (AvgIpc) is 3.75. The fourth-order valence-electron chi connectivity index (χ4n) is 4.99. The van der Waals surface area contributed by atoms with Gasteiger partial charge in [0.05, 0.1) is 34.9 Å². The summed E-state index contributed by atoms with van der Waals surface area (Å²) < 4.78 is 10.2. The van der Waals surface area contributed by atoms with Crippen molar-refractivity contribution in [1.82, 2.24) is 9.97 Å². The van der Waals surface area contributed by atoms with Gasteiger partial charge in [-0.2, -0.15) is 0 Å². The van der Waals surface area contributed by atoms with Crippen LogP contribution in [-0.4, -0.2) is 27.8 Å². The molecule has 2 amide bonds. The number of carbonyl (C=O) groups is 2. The number of hydrogen-bond donors (Lipinski definition) is 1. The van der Waals surface area contributed by atoms with Crippen LogP contribution in [0.15, 0.2) is 131 Å². The number of anilines is 2. The monoisotopic (exact) mass is 586 g/mol. The van der Waals surface area contributed by atoms with Crippen LogP contribution < -0.4 is 10.2 Å². The second-order valence-electron chi connectivity index (χ2n) is 10.2. The van der Waals surface area contributed by atoms with Gasteiger partial charge in [-0.1, -0.05) is 42.5 Å². The van der Waals surface area contributed by atoms with Gasteiger partial charge < -0.3 is 19.1 Å². The molecule has 5 heterocycles. The van der Waals surface area contributed by atoms with Crippen molar-refractivity contribution in [2.75, 3.05) is 10.2 Å². The zero-order valence-corrected chi connectivity index (χ0v) is 24.6. The van der Waals surface area contributed by atoms with Crippen molar-refractivity contribution in [3.05, 3.63) is 134 Å². The number of nitrogens with one attached hydrogen (secondary N) is 1. The molecule has 1 saturated heterocycles. The Hall–Kier alpha value is -5.50. The van der Waals surface area contributed by atoms with Gasteiger partial charge in [-0.25, -0.2) is 0 Å². The zero-order chi connectivity index (χ0) is 30.7. The van der Waals surface area contributed by atoms with Crippen molar-refractivity contribution in [1.29, 1.82) is 0 Å². The van der Waals surface area contributed by atoms with E-state index in [9.17, 15) is 9.59 Å². The fraction of sp³-hybridized carbons (Fsp3) is 0.167. The lowest BCUT2D eigenvalue weighted by atomic mass is 9.94. The van der Waals surface area contributed by atoms with E-state index >= 15 is 0 Å². The van der Waals surface area contributed by atoms with Gasteiger partial charge in [0, 0.05) is 48.5 Å². The summed E-state index contributed by atoms with van der Waals surface area (Å²) in [5.74, 6) is 2.03. The number of carbonyl (C=O) groups excluding carboxylic acids is 2. The maximum atomic E-state index is 12.1. The third-order valence-electron chi connectivity index (χ3n) is 7.12. The first-order valence-corrected chi connectivity index (χ1v) is 14.5. The quantitative estimate of drug-likeness (QED) is 0.151. The number of nitrogens with zero attached hydrogens (tertiary/aromatic N) is 3. The highest BCUT2D eigenvalue weighted by molar-refractivity contribution is 6.07. The van der Waals surface area contributed by atoms with Crippen LogP contribution in [0.25, 0.3) is 21.8 Å². The van der Waals surface area contributed by atoms with E-state index in [0.717, 1.165) is 57.5 Å². The van der Waals surface area contributed by atoms with E-state index in [2.05, 4.69) is 21.9 Å². The lowest BCUT2D eigenvalue weighted by Crippen LogP contribution is -2.53. The molecule has 0 bridgehead atoms. The number of hydrogen-bond acceptors (Lipinski definition) is 6. The Balaban J connectivity index is 0.000000152. The molecular weight excluding hydrogens is 552 g/mol. The normalized spacial score (nSPS) is 13.7. The van der Waals surface area contributed by atoms with Gasteiger partial charge in [0.25, 0.3) is 0 Å². The molecule has 8 nitrogen and oxygen atoms in total. The van der Waals surface area contributed by atoms with Gasteiger partial charge in [-0.05, 0) is 61.9 Å². The fourth-order valence-corrected chi connectivity index (χ4v) is 4.99. The Labute approximate surface area is 256 Å². The van der Waals surface area contributed by atoms with Gasteiger partial charge in [0.2, 0.25) is 11.8 Å². The Morgan fingerprint density at radius 3 is 2.23 bits per heavy atom. The standard InChI is InChI=1S/C18H16N2O2.C13H12N2O.C5H6O/c21-17-12-14(8-9-15-6-3-11-22-15)20(17)16-7-1-4-13-5-2-10-19-18(13)16;1-2-5-12(16)15-11-8-3-6-10-7-4-9-14-13(10)11;1-5-3-2-4-6-5/h1-7,10-11,14H,8-9,12H2;2-4,6-9H,1,5H2,(H,15,16);2-4H,1H3. The second-order valence-corrected chi connectivity index (χ2v) is 10.2. The smallest absolute Gasteiger partial charge is 0.229 e. The minimum Gasteiger partial charge on any atom is -0.470 e. The Morgan fingerprint density at radius 2 is 1.59 bits per heavy atom. The number of para-hydroxylation sites is 2. The summed E-state index contributed by atoms with van der Waals surface area (Å²) in [6.45, 7) is 5.44. The minimum absolute atomic E-state index is 0.0758. The van der Waals surface area contributed by atoms with E-state index in [-0.39, 0.29) is 17.9 Å². The van der Waals surface area contributed by atoms with Crippen molar-refractivity contribution in [2.45, 2.75) is 38.6 Å². The van der Waals surface area contributed by atoms with E-state index in [4.69, 9.17) is 8.83 Å². The SMILES string of the molecule is C=CCC(=O)Nc1cccc2cccnc12.Cc1ccco1.O=C1CC(CCc2ccco2)N1c1cccc2cccnc12. The van der Waals surface area contributed by atoms with E-state index < -0.39 is 0 Å². The molecule has 1 aliphatic rings. The summed E-state index contributed by atoms with van der Waals surface area (Å²) in [6, 6.07) is 27.3. The highest BCUT2D eigenvalue weighted by Crippen LogP contribution is 2.34. The number of β-lactam (4-membered cyclic amide) rings is 1. The third-order valence-corrected chi connectivity index (χ3v) is 7.12. The van der Waals surface area contributed by atoms with Crippen LogP contribution in [0.3, 0.4) is 0 Å². The lowest BCUT2D eigenvalue weighted by Gasteiger charge is -2.40. The van der Waals surface area contributed by atoms with Crippen molar-refractivity contribution in [3.63, 3.8) is 0 Å². The topological polar surface area (TPSA) is 101 Å². The summed E-state index contributed by atoms with van der Waals surface area (Å²) in [7, 11) is 0. The number of amides is 2. The number of rotatable bonds is 7. The summed E-state index contributed by atoms with van der Waals surface area (Å²) >= 11 is 0. The zero-order valence-electron chi connectivity index (χ0n) is 24.6. The number of benzene rings is 2. The van der Waals surface area contributed by atoms with Gasteiger partial charge in [-0.3, -0.25) is 19.6 Å². The Bertz CT molecular complexity index is 1820. The van der Waals surface area contributed by atoms with Crippen molar-refractivity contribution in [2.24, 2.45) is 0 Å². The highest BCUT2D eigenvalue weighted by atomic mass is 16.3. The number of furan rings is 2. The number of pyridine rings is 2. The molecule has 7 rings (SSSR count). The van der Waals surface area contributed by atoms with Crippen LogP contribution >= 0.6 is 0 Å². The van der Waals surface area contributed by atoms with Crippen molar-refractivity contribution >= 4 is 45.0 Å². The highest BCUT2D eigenvalue weighted by Gasteiger charge is 2.37. The van der Waals surface area contributed by atoms with E-state index in [1.807, 2.05) is 96.8 Å². The molecule has 8 heteroatoms. The minimum atomic E-state index is -0.0758. The first kappa shape index (κ1) is 30.0.